The van der Waals surface area contributed by atoms with E-state index in [4.69, 9.17) is 11.6 Å². The molecule has 0 aliphatic heterocycles. The number of benzene rings is 4. The Morgan fingerprint density at radius 2 is 1.43 bits per heavy atom. The molecule has 2 amide bonds. The van der Waals surface area contributed by atoms with E-state index in [-0.39, 0.29) is 29.5 Å². The number of carbonyl (C=O) groups is 2. The van der Waals surface area contributed by atoms with E-state index in [0.717, 1.165) is 21.0 Å². The minimum absolute atomic E-state index is 0.0435. The molecule has 7 nitrogen and oxygen atoms in total. The van der Waals surface area contributed by atoms with Crippen molar-refractivity contribution in [3.63, 3.8) is 0 Å². The molecule has 0 bridgehead atoms. The summed E-state index contributed by atoms with van der Waals surface area (Å²) in [5.41, 5.74) is 3.49. The second-order valence-electron chi connectivity index (χ2n) is 10.1. The van der Waals surface area contributed by atoms with Gasteiger partial charge in [0.2, 0.25) is 11.8 Å². The number of hydrogen-bond donors (Lipinski definition) is 1. The minimum atomic E-state index is -4.20. The molecule has 0 fully saturated rings. The van der Waals surface area contributed by atoms with Crippen LogP contribution in [0.2, 0.25) is 5.02 Å². The van der Waals surface area contributed by atoms with Crippen LogP contribution in [0.25, 0.3) is 0 Å². The molecule has 4 aromatic carbocycles. The molecule has 0 saturated heterocycles. The van der Waals surface area contributed by atoms with Crippen LogP contribution >= 0.6 is 11.6 Å². The van der Waals surface area contributed by atoms with Crippen molar-refractivity contribution < 1.29 is 18.0 Å². The van der Waals surface area contributed by atoms with Gasteiger partial charge in [-0.2, -0.15) is 0 Å². The molecular weight excluding hydrogens is 570 g/mol. The third-order valence-electron chi connectivity index (χ3n) is 7.04. The lowest BCUT2D eigenvalue weighted by Crippen LogP contribution is -2.53. The fourth-order valence-electron chi connectivity index (χ4n) is 4.70. The van der Waals surface area contributed by atoms with Gasteiger partial charge in [0.25, 0.3) is 10.0 Å². The quantitative estimate of drug-likeness (QED) is 0.244. The van der Waals surface area contributed by atoms with Crippen molar-refractivity contribution in [2.24, 2.45) is 0 Å². The van der Waals surface area contributed by atoms with Gasteiger partial charge in [0.1, 0.15) is 12.6 Å². The van der Waals surface area contributed by atoms with Crippen molar-refractivity contribution in [1.29, 1.82) is 0 Å². The smallest absolute Gasteiger partial charge is 0.264 e. The first-order valence-electron chi connectivity index (χ1n) is 13.5. The molecule has 9 heteroatoms. The summed E-state index contributed by atoms with van der Waals surface area (Å²) in [5.74, 6) is -0.881. The first-order chi connectivity index (χ1) is 20.1. The number of aryl methyl sites for hydroxylation is 2. The molecule has 0 aliphatic rings. The highest BCUT2D eigenvalue weighted by molar-refractivity contribution is 7.92. The predicted molar refractivity (Wildman–Crippen MR) is 167 cm³/mol. The van der Waals surface area contributed by atoms with Crippen LogP contribution in [0.5, 0.6) is 0 Å². The van der Waals surface area contributed by atoms with Crippen LogP contribution in [0.3, 0.4) is 0 Å². The van der Waals surface area contributed by atoms with Crippen LogP contribution in [0.1, 0.15) is 22.3 Å². The van der Waals surface area contributed by atoms with E-state index in [1.807, 2.05) is 67.6 Å². The lowest BCUT2D eigenvalue weighted by atomic mass is 10.0. The highest BCUT2D eigenvalue weighted by Gasteiger charge is 2.34. The number of sulfonamides is 1. The second-order valence-corrected chi connectivity index (χ2v) is 12.4. The highest BCUT2D eigenvalue weighted by atomic mass is 35.5. The maximum atomic E-state index is 14.3. The molecule has 0 radical (unpaired) electrons. The van der Waals surface area contributed by atoms with Crippen LogP contribution in [0, 0.1) is 13.8 Å². The molecule has 0 aromatic heterocycles. The van der Waals surface area contributed by atoms with Crippen molar-refractivity contribution >= 4 is 39.1 Å². The molecule has 0 saturated carbocycles. The van der Waals surface area contributed by atoms with Crippen LogP contribution in [-0.2, 0) is 32.6 Å². The fourth-order valence-corrected chi connectivity index (χ4v) is 6.34. The summed E-state index contributed by atoms with van der Waals surface area (Å²) >= 11 is 6.32. The van der Waals surface area contributed by atoms with Crippen molar-refractivity contribution in [3.8, 4) is 0 Å². The van der Waals surface area contributed by atoms with Crippen molar-refractivity contribution in [2.45, 2.75) is 37.8 Å². The van der Waals surface area contributed by atoms with Crippen LogP contribution in [0.4, 0.5) is 5.69 Å². The molecule has 218 valence electrons. The summed E-state index contributed by atoms with van der Waals surface area (Å²) in [7, 11) is -2.67. The van der Waals surface area contributed by atoms with Gasteiger partial charge in [-0.15, -0.1) is 0 Å². The average molecular weight is 604 g/mol. The standard InChI is InChI=1S/C33H34ClN3O4S/c1-24-14-18-29(19-15-24)42(40,41)37(30-21-28(34)17-16-25(30)2)23-32(38)36(22-27-12-8-5-9-13-27)31(33(39)35-3)20-26-10-6-4-7-11-26/h4-19,21,31H,20,22-23H2,1-3H3,(H,35,39)/t31-/m1/s1. The summed E-state index contributed by atoms with van der Waals surface area (Å²) in [4.78, 5) is 29.1. The van der Waals surface area contributed by atoms with E-state index in [2.05, 4.69) is 5.32 Å². The number of hydrogen-bond acceptors (Lipinski definition) is 4. The Morgan fingerprint density at radius 3 is 2.02 bits per heavy atom. The Kier molecular flexibility index (Phi) is 10.0. The van der Waals surface area contributed by atoms with Gasteiger partial charge in [0.05, 0.1) is 10.6 Å². The molecule has 4 rings (SSSR count). The Labute approximate surface area is 252 Å². The van der Waals surface area contributed by atoms with Gasteiger partial charge in [-0.05, 0) is 54.8 Å². The Morgan fingerprint density at radius 1 is 0.833 bits per heavy atom. The van der Waals surface area contributed by atoms with Crippen molar-refractivity contribution in [3.05, 3.63) is 130 Å². The number of halogens is 1. The average Bonchev–Trinajstić information content (AvgIpc) is 2.99. The van der Waals surface area contributed by atoms with Gasteiger partial charge in [0.15, 0.2) is 0 Å². The Hall–Kier alpha value is -4.14. The van der Waals surface area contributed by atoms with Crippen LogP contribution in [-0.4, -0.2) is 44.8 Å². The molecule has 0 aliphatic carbocycles. The molecule has 1 atom stereocenters. The Bertz CT molecular complexity index is 1630. The molecule has 1 N–H and O–H groups in total. The van der Waals surface area contributed by atoms with Gasteiger partial charge in [0, 0.05) is 25.0 Å². The summed E-state index contributed by atoms with van der Waals surface area (Å²) in [6.45, 7) is 3.20. The zero-order valence-electron chi connectivity index (χ0n) is 23.8. The number of likely N-dealkylation sites (N-methyl/N-ethyl adjacent to an activating group) is 1. The molecule has 42 heavy (non-hydrogen) atoms. The SMILES string of the molecule is CNC(=O)[C@@H](Cc1ccccc1)N(Cc1ccccc1)C(=O)CN(c1cc(Cl)ccc1C)S(=O)(=O)c1ccc(C)cc1. The fraction of sp³-hybridized carbons (Fsp3) is 0.212. The number of nitrogens with one attached hydrogen (secondary N) is 1. The first kappa shape index (κ1) is 30.8. The van der Waals surface area contributed by atoms with Gasteiger partial charge >= 0.3 is 0 Å². The van der Waals surface area contributed by atoms with Crippen LogP contribution < -0.4 is 9.62 Å². The highest BCUT2D eigenvalue weighted by Crippen LogP contribution is 2.30. The van der Waals surface area contributed by atoms with E-state index in [9.17, 15) is 18.0 Å². The molecular formula is C33H34ClN3O4S. The number of carbonyl (C=O) groups excluding carboxylic acids is 2. The molecule has 0 heterocycles. The maximum Gasteiger partial charge on any atom is 0.264 e. The van der Waals surface area contributed by atoms with E-state index in [1.54, 1.807) is 31.2 Å². The van der Waals surface area contributed by atoms with Gasteiger partial charge < -0.3 is 10.2 Å². The number of nitrogens with zero attached hydrogens (tertiary/aromatic N) is 2. The summed E-state index contributed by atoms with van der Waals surface area (Å²) in [6, 6.07) is 29.2. The Balaban J connectivity index is 1.81. The summed E-state index contributed by atoms with van der Waals surface area (Å²) in [5, 5.41) is 3.02. The third kappa shape index (κ3) is 7.38. The normalized spacial score (nSPS) is 11.9. The summed E-state index contributed by atoms with van der Waals surface area (Å²) < 4.78 is 29.3. The lowest BCUT2D eigenvalue weighted by molar-refractivity contribution is -0.139. The second kappa shape index (κ2) is 13.7. The van der Waals surface area contributed by atoms with Gasteiger partial charge in [-0.3, -0.25) is 13.9 Å². The monoisotopic (exact) mass is 603 g/mol. The lowest BCUT2D eigenvalue weighted by Gasteiger charge is -2.34. The topological polar surface area (TPSA) is 86.8 Å². The largest absolute Gasteiger partial charge is 0.357 e. The number of amides is 2. The van der Waals surface area contributed by atoms with Gasteiger partial charge in [-0.1, -0.05) is 96.0 Å². The van der Waals surface area contributed by atoms with E-state index >= 15 is 0 Å². The van der Waals surface area contributed by atoms with E-state index in [1.165, 1.54) is 30.1 Å². The third-order valence-corrected chi connectivity index (χ3v) is 9.05. The zero-order valence-corrected chi connectivity index (χ0v) is 25.4. The number of anilines is 1. The number of rotatable bonds is 11. The van der Waals surface area contributed by atoms with Crippen LogP contribution in [0.15, 0.2) is 108 Å². The maximum absolute atomic E-state index is 14.3. The van der Waals surface area contributed by atoms with E-state index < -0.39 is 28.5 Å². The predicted octanol–water partition coefficient (Wildman–Crippen LogP) is 5.54. The zero-order chi connectivity index (χ0) is 30.3. The van der Waals surface area contributed by atoms with Gasteiger partial charge in [-0.25, -0.2) is 8.42 Å². The van der Waals surface area contributed by atoms with E-state index in [0.29, 0.717) is 10.6 Å². The minimum Gasteiger partial charge on any atom is -0.357 e. The molecule has 0 spiro atoms. The van der Waals surface area contributed by atoms with Crippen molar-refractivity contribution in [2.75, 3.05) is 17.9 Å². The first-order valence-corrected chi connectivity index (χ1v) is 15.4. The van der Waals surface area contributed by atoms with Crippen molar-refractivity contribution in [1.82, 2.24) is 10.2 Å². The molecule has 4 aromatic rings. The summed E-state index contributed by atoms with van der Waals surface area (Å²) in [6.07, 6.45) is 0.250. The molecule has 0 unspecified atom stereocenters.